The average molecular weight is 195 g/mol. The Kier molecular flexibility index (Phi) is 3.60. The Hall–Kier alpha value is -0.940. The molecule has 4 heteroatoms. The van der Waals surface area contributed by atoms with Gasteiger partial charge in [-0.2, -0.15) is 0 Å². The molecule has 0 fully saturated rings. The standard InChI is InChI=1S/C10H17N3O/c1-2-14-9(10(11,12)13)8-6-4-3-5-7-8/h3-7,9H,2,11-13H2,1H3. The zero-order chi connectivity index (χ0) is 10.6. The highest BCUT2D eigenvalue weighted by Crippen LogP contribution is 2.21. The van der Waals surface area contributed by atoms with E-state index < -0.39 is 11.9 Å². The van der Waals surface area contributed by atoms with Gasteiger partial charge in [0.15, 0.2) is 0 Å². The lowest BCUT2D eigenvalue weighted by Crippen LogP contribution is -2.62. The fourth-order valence-electron chi connectivity index (χ4n) is 1.32. The predicted octanol–water partition coefficient (Wildman–Crippen LogP) is 0.294. The molecule has 1 unspecified atom stereocenters. The van der Waals surface area contributed by atoms with Crippen LogP contribution in [0.5, 0.6) is 0 Å². The zero-order valence-corrected chi connectivity index (χ0v) is 8.31. The first kappa shape index (κ1) is 11.1. The van der Waals surface area contributed by atoms with Crippen LogP contribution in [0.15, 0.2) is 30.3 Å². The Morgan fingerprint density at radius 3 is 2.21 bits per heavy atom. The second-order valence-electron chi connectivity index (χ2n) is 3.25. The van der Waals surface area contributed by atoms with Crippen LogP contribution in [-0.2, 0) is 4.74 Å². The monoisotopic (exact) mass is 195 g/mol. The van der Waals surface area contributed by atoms with Gasteiger partial charge >= 0.3 is 0 Å². The van der Waals surface area contributed by atoms with Crippen molar-refractivity contribution in [3.05, 3.63) is 35.9 Å². The van der Waals surface area contributed by atoms with Gasteiger partial charge in [-0.1, -0.05) is 30.3 Å². The summed E-state index contributed by atoms with van der Waals surface area (Å²) < 4.78 is 5.42. The molecule has 78 valence electrons. The van der Waals surface area contributed by atoms with E-state index in [1.54, 1.807) is 0 Å². The Bertz CT molecular complexity index is 268. The second kappa shape index (κ2) is 4.52. The molecule has 0 bridgehead atoms. The summed E-state index contributed by atoms with van der Waals surface area (Å²) in [5, 5.41) is 0. The maximum absolute atomic E-state index is 5.63. The van der Waals surface area contributed by atoms with E-state index in [-0.39, 0.29) is 0 Å². The van der Waals surface area contributed by atoms with E-state index in [9.17, 15) is 0 Å². The normalized spacial score (nSPS) is 14.0. The van der Waals surface area contributed by atoms with Crippen molar-refractivity contribution in [2.45, 2.75) is 18.8 Å². The fourth-order valence-corrected chi connectivity index (χ4v) is 1.32. The molecule has 0 aromatic heterocycles. The quantitative estimate of drug-likeness (QED) is 0.603. The van der Waals surface area contributed by atoms with Gasteiger partial charge in [-0.15, -0.1) is 0 Å². The topological polar surface area (TPSA) is 87.3 Å². The summed E-state index contributed by atoms with van der Waals surface area (Å²) in [7, 11) is 0. The zero-order valence-electron chi connectivity index (χ0n) is 8.31. The third kappa shape index (κ3) is 2.78. The molecule has 0 radical (unpaired) electrons. The minimum absolute atomic E-state index is 0.478. The van der Waals surface area contributed by atoms with Crippen LogP contribution in [0.4, 0.5) is 0 Å². The Labute approximate surface area is 84.0 Å². The lowest BCUT2D eigenvalue weighted by Gasteiger charge is -2.29. The highest BCUT2D eigenvalue weighted by molar-refractivity contribution is 5.20. The molecule has 0 saturated heterocycles. The molecule has 1 rings (SSSR count). The summed E-state index contributed by atoms with van der Waals surface area (Å²) in [4.78, 5) is 0. The largest absolute Gasteiger partial charge is 0.369 e. The van der Waals surface area contributed by atoms with Crippen LogP contribution in [0, 0.1) is 0 Å². The van der Waals surface area contributed by atoms with Gasteiger partial charge in [0.2, 0.25) is 0 Å². The molecule has 6 N–H and O–H groups in total. The number of ether oxygens (including phenoxy) is 1. The van der Waals surface area contributed by atoms with Crippen LogP contribution in [0.1, 0.15) is 18.6 Å². The fraction of sp³-hybridized carbons (Fsp3) is 0.400. The van der Waals surface area contributed by atoms with Crippen molar-refractivity contribution in [1.82, 2.24) is 0 Å². The van der Waals surface area contributed by atoms with Crippen molar-refractivity contribution < 1.29 is 4.74 Å². The van der Waals surface area contributed by atoms with Crippen LogP contribution in [0.3, 0.4) is 0 Å². The molecule has 0 saturated carbocycles. The van der Waals surface area contributed by atoms with Gasteiger partial charge in [-0.05, 0) is 12.5 Å². The maximum atomic E-state index is 5.63. The van der Waals surface area contributed by atoms with E-state index in [0.29, 0.717) is 6.61 Å². The molecule has 4 nitrogen and oxygen atoms in total. The lowest BCUT2D eigenvalue weighted by molar-refractivity contribution is 0.00736. The molecule has 0 spiro atoms. The molecule has 1 atom stereocenters. The van der Waals surface area contributed by atoms with E-state index >= 15 is 0 Å². The first-order chi connectivity index (χ1) is 6.55. The van der Waals surface area contributed by atoms with Gasteiger partial charge in [0.1, 0.15) is 11.9 Å². The van der Waals surface area contributed by atoms with Gasteiger partial charge in [-0.3, -0.25) is 17.2 Å². The van der Waals surface area contributed by atoms with Gasteiger partial charge in [0, 0.05) is 6.61 Å². The van der Waals surface area contributed by atoms with E-state index in [0.717, 1.165) is 5.56 Å². The van der Waals surface area contributed by atoms with Crippen molar-refractivity contribution in [2.75, 3.05) is 6.61 Å². The van der Waals surface area contributed by atoms with Crippen molar-refractivity contribution >= 4 is 0 Å². The number of nitrogens with two attached hydrogens (primary N) is 3. The van der Waals surface area contributed by atoms with Gasteiger partial charge in [0.25, 0.3) is 0 Å². The molecular weight excluding hydrogens is 178 g/mol. The van der Waals surface area contributed by atoms with Gasteiger partial charge < -0.3 is 4.74 Å². The van der Waals surface area contributed by atoms with Crippen LogP contribution in [-0.4, -0.2) is 12.4 Å². The first-order valence-corrected chi connectivity index (χ1v) is 4.59. The van der Waals surface area contributed by atoms with Crippen LogP contribution in [0.25, 0.3) is 0 Å². The number of hydrogen-bond acceptors (Lipinski definition) is 4. The van der Waals surface area contributed by atoms with E-state index in [1.165, 1.54) is 0 Å². The molecule has 0 heterocycles. The second-order valence-corrected chi connectivity index (χ2v) is 3.25. The van der Waals surface area contributed by atoms with Gasteiger partial charge in [0.05, 0.1) is 0 Å². The Morgan fingerprint density at radius 2 is 1.79 bits per heavy atom. The van der Waals surface area contributed by atoms with E-state index in [4.69, 9.17) is 21.9 Å². The summed E-state index contributed by atoms with van der Waals surface area (Å²) in [5.74, 6) is -1.35. The minimum Gasteiger partial charge on any atom is -0.369 e. The molecule has 14 heavy (non-hydrogen) atoms. The average Bonchev–Trinajstić information content (AvgIpc) is 2.14. The molecule has 1 aromatic rings. The summed E-state index contributed by atoms with van der Waals surface area (Å²) in [6.45, 7) is 2.40. The Balaban J connectivity index is 2.89. The first-order valence-electron chi connectivity index (χ1n) is 4.59. The van der Waals surface area contributed by atoms with Crippen molar-refractivity contribution in [2.24, 2.45) is 17.2 Å². The van der Waals surface area contributed by atoms with Gasteiger partial charge in [-0.25, -0.2) is 0 Å². The maximum Gasteiger partial charge on any atom is 0.147 e. The predicted molar refractivity (Wildman–Crippen MR) is 56.1 cm³/mol. The van der Waals surface area contributed by atoms with E-state index in [2.05, 4.69) is 0 Å². The number of rotatable bonds is 4. The van der Waals surface area contributed by atoms with Crippen LogP contribution in [0.2, 0.25) is 0 Å². The third-order valence-corrected chi connectivity index (χ3v) is 1.89. The molecule has 0 aliphatic heterocycles. The third-order valence-electron chi connectivity index (χ3n) is 1.89. The molecule has 0 amide bonds. The summed E-state index contributed by atoms with van der Waals surface area (Å²) >= 11 is 0. The Morgan fingerprint density at radius 1 is 1.21 bits per heavy atom. The van der Waals surface area contributed by atoms with Crippen LogP contribution >= 0.6 is 0 Å². The van der Waals surface area contributed by atoms with Crippen molar-refractivity contribution in [1.29, 1.82) is 0 Å². The smallest absolute Gasteiger partial charge is 0.147 e. The highest BCUT2D eigenvalue weighted by atomic mass is 16.5. The number of hydrogen-bond donors (Lipinski definition) is 3. The lowest BCUT2D eigenvalue weighted by atomic mass is 10.0. The summed E-state index contributed by atoms with van der Waals surface area (Å²) in [6.07, 6.45) is -0.478. The SMILES string of the molecule is CCOC(c1ccccc1)C(N)(N)N. The molecule has 0 aliphatic carbocycles. The molecule has 0 aliphatic rings. The minimum atomic E-state index is -1.35. The number of benzene rings is 1. The summed E-state index contributed by atoms with van der Waals surface area (Å²) in [5.41, 5.74) is 17.8. The van der Waals surface area contributed by atoms with Crippen LogP contribution < -0.4 is 17.2 Å². The molecular formula is C10H17N3O. The van der Waals surface area contributed by atoms with E-state index in [1.807, 2.05) is 37.3 Å². The molecule has 1 aromatic carbocycles. The summed E-state index contributed by atoms with van der Waals surface area (Å²) in [6, 6.07) is 9.49. The van der Waals surface area contributed by atoms with Crippen molar-refractivity contribution in [3.8, 4) is 0 Å². The highest BCUT2D eigenvalue weighted by Gasteiger charge is 2.28. The van der Waals surface area contributed by atoms with Crippen molar-refractivity contribution in [3.63, 3.8) is 0 Å².